The maximum absolute atomic E-state index is 5.52. The Kier molecular flexibility index (Phi) is 5.16. The summed E-state index contributed by atoms with van der Waals surface area (Å²) in [7, 11) is 0. The average molecular weight is 266 g/mol. The number of pyridine rings is 1. The van der Waals surface area contributed by atoms with E-state index >= 15 is 0 Å². The number of nitrogens with zero attached hydrogens (tertiary/aromatic N) is 1. The van der Waals surface area contributed by atoms with Crippen molar-refractivity contribution >= 4 is 0 Å². The van der Waals surface area contributed by atoms with Gasteiger partial charge in [-0.25, -0.2) is 0 Å². The average Bonchev–Trinajstić information content (AvgIpc) is 2.48. The summed E-state index contributed by atoms with van der Waals surface area (Å²) in [6.07, 6.45) is 7.03. The van der Waals surface area contributed by atoms with E-state index in [4.69, 9.17) is 11.2 Å². The van der Waals surface area contributed by atoms with E-state index in [9.17, 15) is 0 Å². The van der Waals surface area contributed by atoms with Gasteiger partial charge in [-0.3, -0.25) is 4.98 Å². The van der Waals surface area contributed by atoms with Crippen molar-refractivity contribution in [2.24, 2.45) is 0 Å². The summed E-state index contributed by atoms with van der Waals surface area (Å²) < 4.78 is 5.52. The number of nitrogens with one attached hydrogen (secondary N) is 1. The maximum Gasteiger partial charge on any atom is 0.148 e. The Hall–Kier alpha value is -2.31. The SMILES string of the molecule is C#CCOc1ccccc1CNCc1ncccc1C. The minimum Gasteiger partial charge on any atom is -0.481 e. The van der Waals surface area contributed by atoms with Crippen LogP contribution in [0.15, 0.2) is 42.6 Å². The Bertz CT molecular complexity index is 602. The van der Waals surface area contributed by atoms with Gasteiger partial charge in [0.15, 0.2) is 0 Å². The molecule has 3 nitrogen and oxygen atoms in total. The summed E-state index contributed by atoms with van der Waals surface area (Å²) in [5, 5.41) is 3.38. The Morgan fingerprint density at radius 2 is 2.05 bits per heavy atom. The predicted octanol–water partition coefficient (Wildman–Crippen LogP) is 2.69. The summed E-state index contributed by atoms with van der Waals surface area (Å²) in [4.78, 5) is 4.36. The number of benzene rings is 1. The number of para-hydroxylation sites is 1. The molecule has 0 saturated heterocycles. The molecule has 1 aromatic carbocycles. The summed E-state index contributed by atoms with van der Waals surface area (Å²) in [6.45, 7) is 3.80. The number of terminal acetylenes is 1. The molecule has 3 heteroatoms. The normalized spacial score (nSPS) is 10.0. The molecule has 0 aliphatic carbocycles. The quantitative estimate of drug-likeness (QED) is 0.816. The second-order valence-electron chi connectivity index (χ2n) is 4.47. The van der Waals surface area contributed by atoms with Crippen molar-refractivity contribution in [2.45, 2.75) is 20.0 Å². The minimum absolute atomic E-state index is 0.288. The molecule has 0 fully saturated rings. The van der Waals surface area contributed by atoms with Gasteiger partial charge in [0.2, 0.25) is 0 Å². The zero-order valence-corrected chi connectivity index (χ0v) is 11.6. The Morgan fingerprint density at radius 3 is 2.85 bits per heavy atom. The molecular formula is C17H18N2O. The van der Waals surface area contributed by atoms with Crippen LogP contribution in [0.5, 0.6) is 5.75 Å². The highest BCUT2D eigenvalue weighted by Crippen LogP contribution is 2.17. The highest BCUT2D eigenvalue weighted by molar-refractivity contribution is 5.33. The molecule has 0 spiro atoms. The number of hydrogen-bond donors (Lipinski definition) is 1. The summed E-state index contributed by atoms with van der Waals surface area (Å²) in [5.41, 5.74) is 3.35. The number of aromatic nitrogens is 1. The van der Waals surface area contributed by atoms with Crippen molar-refractivity contribution in [1.29, 1.82) is 0 Å². The Morgan fingerprint density at radius 1 is 1.20 bits per heavy atom. The first-order valence-corrected chi connectivity index (χ1v) is 6.56. The topological polar surface area (TPSA) is 34.1 Å². The molecule has 0 unspecified atom stereocenters. The third-order valence-electron chi connectivity index (χ3n) is 3.01. The number of ether oxygens (including phenoxy) is 1. The molecule has 0 bridgehead atoms. The highest BCUT2D eigenvalue weighted by atomic mass is 16.5. The van der Waals surface area contributed by atoms with Gasteiger partial charge in [-0.05, 0) is 24.6 Å². The van der Waals surface area contributed by atoms with Gasteiger partial charge in [-0.2, -0.15) is 0 Å². The summed E-state index contributed by atoms with van der Waals surface area (Å²) in [6, 6.07) is 11.9. The van der Waals surface area contributed by atoms with Gasteiger partial charge in [0, 0.05) is 24.8 Å². The van der Waals surface area contributed by atoms with Crippen LogP contribution in [0.2, 0.25) is 0 Å². The van der Waals surface area contributed by atoms with Gasteiger partial charge < -0.3 is 10.1 Å². The monoisotopic (exact) mass is 266 g/mol. The van der Waals surface area contributed by atoms with Crippen molar-refractivity contribution in [3.63, 3.8) is 0 Å². The van der Waals surface area contributed by atoms with Crippen LogP contribution in [0, 0.1) is 19.3 Å². The van der Waals surface area contributed by atoms with E-state index in [1.165, 1.54) is 5.56 Å². The third kappa shape index (κ3) is 3.84. The van der Waals surface area contributed by atoms with Gasteiger partial charge in [-0.1, -0.05) is 30.2 Å². The number of rotatable bonds is 6. The van der Waals surface area contributed by atoms with Crippen molar-refractivity contribution < 1.29 is 4.74 Å². The summed E-state index contributed by atoms with van der Waals surface area (Å²) in [5.74, 6) is 3.31. The Balaban J connectivity index is 1.94. The van der Waals surface area contributed by atoms with Gasteiger partial charge in [0.25, 0.3) is 0 Å². The molecule has 0 atom stereocenters. The molecule has 20 heavy (non-hydrogen) atoms. The van der Waals surface area contributed by atoms with E-state index in [1.54, 1.807) is 0 Å². The zero-order chi connectivity index (χ0) is 14.2. The minimum atomic E-state index is 0.288. The lowest BCUT2D eigenvalue weighted by Gasteiger charge is -2.11. The van der Waals surface area contributed by atoms with Crippen molar-refractivity contribution in [2.75, 3.05) is 6.61 Å². The van der Waals surface area contributed by atoms with Crippen LogP contribution in [-0.2, 0) is 13.1 Å². The first-order valence-electron chi connectivity index (χ1n) is 6.56. The van der Waals surface area contributed by atoms with Crippen molar-refractivity contribution in [3.05, 3.63) is 59.4 Å². The highest BCUT2D eigenvalue weighted by Gasteiger charge is 2.03. The molecule has 0 aliphatic rings. The fourth-order valence-corrected chi connectivity index (χ4v) is 1.93. The van der Waals surface area contributed by atoms with Crippen LogP contribution >= 0.6 is 0 Å². The lowest BCUT2D eigenvalue weighted by atomic mass is 10.2. The van der Waals surface area contributed by atoms with Crippen molar-refractivity contribution in [3.8, 4) is 18.1 Å². The van der Waals surface area contributed by atoms with Gasteiger partial charge >= 0.3 is 0 Å². The van der Waals surface area contributed by atoms with E-state index in [2.05, 4.69) is 29.2 Å². The first kappa shape index (κ1) is 14.1. The van der Waals surface area contributed by atoms with E-state index in [-0.39, 0.29) is 6.61 Å². The third-order valence-corrected chi connectivity index (χ3v) is 3.01. The maximum atomic E-state index is 5.52. The molecule has 2 aromatic rings. The van der Waals surface area contributed by atoms with Crippen LogP contribution < -0.4 is 10.1 Å². The molecular weight excluding hydrogens is 248 g/mol. The van der Waals surface area contributed by atoms with Crippen LogP contribution in [0.4, 0.5) is 0 Å². The molecule has 102 valence electrons. The molecule has 0 radical (unpaired) electrons. The second kappa shape index (κ2) is 7.32. The van der Waals surface area contributed by atoms with Crippen LogP contribution in [0.3, 0.4) is 0 Å². The van der Waals surface area contributed by atoms with E-state index < -0.39 is 0 Å². The van der Waals surface area contributed by atoms with E-state index in [0.29, 0.717) is 0 Å². The fraction of sp³-hybridized carbons (Fsp3) is 0.235. The van der Waals surface area contributed by atoms with Gasteiger partial charge in [0.1, 0.15) is 12.4 Å². The standard InChI is InChI=1S/C17H18N2O/c1-3-11-20-17-9-5-4-8-15(17)12-18-13-16-14(2)7-6-10-19-16/h1,4-10,18H,11-13H2,2H3. The molecule has 0 amide bonds. The largest absolute Gasteiger partial charge is 0.481 e. The number of aryl methyl sites for hydroxylation is 1. The van der Waals surface area contributed by atoms with Crippen LogP contribution in [0.1, 0.15) is 16.8 Å². The first-order chi connectivity index (χ1) is 9.81. The van der Waals surface area contributed by atoms with Gasteiger partial charge in [-0.15, -0.1) is 6.42 Å². The lowest BCUT2D eigenvalue weighted by molar-refractivity contribution is 0.364. The molecule has 1 aromatic heterocycles. The molecule has 0 aliphatic heterocycles. The smallest absolute Gasteiger partial charge is 0.148 e. The Labute approximate surface area is 120 Å². The number of hydrogen-bond acceptors (Lipinski definition) is 3. The lowest BCUT2D eigenvalue weighted by Crippen LogP contribution is -2.15. The van der Waals surface area contributed by atoms with E-state index in [0.717, 1.165) is 30.1 Å². The molecule has 1 heterocycles. The predicted molar refractivity (Wildman–Crippen MR) is 80.3 cm³/mol. The second-order valence-corrected chi connectivity index (χ2v) is 4.47. The fourth-order valence-electron chi connectivity index (χ4n) is 1.93. The van der Waals surface area contributed by atoms with Crippen molar-refractivity contribution in [1.82, 2.24) is 10.3 Å². The van der Waals surface area contributed by atoms with Crippen LogP contribution in [-0.4, -0.2) is 11.6 Å². The molecule has 2 rings (SSSR count). The molecule has 0 saturated carbocycles. The molecule has 1 N–H and O–H groups in total. The van der Waals surface area contributed by atoms with E-state index in [1.807, 2.05) is 36.5 Å². The zero-order valence-electron chi connectivity index (χ0n) is 11.6. The van der Waals surface area contributed by atoms with Gasteiger partial charge in [0.05, 0.1) is 5.69 Å². The van der Waals surface area contributed by atoms with Crippen LogP contribution in [0.25, 0.3) is 0 Å². The summed E-state index contributed by atoms with van der Waals surface area (Å²) >= 11 is 0.